The quantitative estimate of drug-likeness (QED) is 0.211. The Bertz CT molecular complexity index is 1480. The van der Waals surface area contributed by atoms with Crippen molar-refractivity contribution in [2.24, 2.45) is 11.8 Å². The Labute approximate surface area is 259 Å². The molecule has 5 rings (SSSR count). The van der Waals surface area contributed by atoms with Gasteiger partial charge < -0.3 is 30.3 Å². The number of carboxylic acids is 3. The molecule has 0 amide bonds. The highest BCUT2D eigenvalue weighted by molar-refractivity contribution is 5.88. The SMILES string of the molecule is Cc1ccc([C@]2(O)CC[C@H]3CN(Cc4ccc(OCc5ccccc5F)cc4)C[C@H]32)nc1.O=C(O)CC(O)(CC(=O)O)C(=O)O. The first-order valence-electron chi connectivity index (χ1n) is 14.5. The van der Waals surface area contributed by atoms with Crippen LogP contribution < -0.4 is 4.74 Å². The van der Waals surface area contributed by atoms with Crippen LogP contribution in [0, 0.1) is 24.6 Å². The van der Waals surface area contributed by atoms with Crippen molar-refractivity contribution in [1.82, 2.24) is 9.88 Å². The molecule has 1 aromatic heterocycles. The third-order valence-corrected chi connectivity index (χ3v) is 8.35. The second-order valence-electron chi connectivity index (χ2n) is 11.7. The number of pyridine rings is 1. The number of ether oxygens (including phenoxy) is 1. The Kier molecular flexibility index (Phi) is 10.5. The summed E-state index contributed by atoms with van der Waals surface area (Å²) in [6.45, 7) is 4.96. The van der Waals surface area contributed by atoms with Gasteiger partial charge in [-0.2, -0.15) is 0 Å². The van der Waals surface area contributed by atoms with Crippen LogP contribution in [0.25, 0.3) is 0 Å². The number of aromatic nitrogens is 1. The van der Waals surface area contributed by atoms with Crippen molar-refractivity contribution in [2.45, 2.75) is 57.0 Å². The molecule has 2 heterocycles. The summed E-state index contributed by atoms with van der Waals surface area (Å²) >= 11 is 0. The number of nitrogens with zero attached hydrogens (tertiary/aromatic N) is 2. The lowest BCUT2D eigenvalue weighted by Gasteiger charge is -2.30. The molecule has 0 bridgehead atoms. The third kappa shape index (κ3) is 8.41. The van der Waals surface area contributed by atoms with E-state index < -0.39 is 42.0 Å². The van der Waals surface area contributed by atoms with Crippen LogP contribution in [-0.4, -0.2) is 72.0 Å². The van der Waals surface area contributed by atoms with Gasteiger partial charge in [-0.1, -0.05) is 36.4 Å². The lowest BCUT2D eigenvalue weighted by Crippen LogP contribution is -2.42. The minimum absolute atomic E-state index is 0.215. The summed E-state index contributed by atoms with van der Waals surface area (Å²) in [6.07, 6.45) is 1.39. The van der Waals surface area contributed by atoms with Crippen LogP contribution in [-0.2, 0) is 33.1 Å². The number of hydrogen-bond acceptors (Lipinski definition) is 8. The van der Waals surface area contributed by atoms with Gasteiger partial charge in [-0.05, 0) is 61.1 Å². The molecule has 0 spiro atoms. The number of rotatable bonds is 11. The summed E-state index contributed by atoms with van der Waals surface area (Å²) < 4.78 is 19.5. The van der Waals surface area contributed by atoms with E-state index in [1.165, 1.54) is 11.6 Å². The zero-order valence-electron chi connectivity index (χ0n) is 24.8. The maximum atomic E-state index is 13.8. The van der Waals surface area contributed by atoms with Crippen LogP contribution in [0.3, 0.4) is 0 Å². The molecule has 2 aromatic carbocycles. The lowest BCUT2D eigenvalue weighted by atomic mass is 9.85. The maximum absolute atomic E-state index is 13.8. The molecule has 3 atom stereocenters. The Morgan fingerprint density at radius 2 is 1.67 bits per heavy atom. The van der Waals surface area contributed by atoms with Crippen LogP contribution in [0.15, 0.2) is 66.9 Å². The molecule has 11 nitrogen and oxygen atoms in total. The minimum atomic E-state index is -2.74. The fourth-order valence-corrected chi connectivity index (χ4v) is 6.00. The van der Waals surface area contributed by atoms with Crippen molar-refractivity contribution in [1.29, 1.82) is 0 Å². The Morgan fingerprint density at radius 3 is 2.24 bits per heavy atom. The summed E-state index contributed by atoms with van der Waals surface area (Å²) in [4.78, 5) is 37.5. The molecule has 3 aromatic rings. The number of halogens is 1. The fraction of sp³-hybridized carbons (Fsp3) is 0.394. The lowest BCUT2D eigenvalue weighted by molar-refractivity contribution is -0.170. The van der Waals surface area contributed by atoms with Crippen molar-refractivity contribution in [2.75, 3.05) is 13.1 Å². The summed E-state index contributed by atoms with van der Waals surface area (Å²) in [7, 11) is 0. The van der Waals surface area contributed by atoms with Crippen LogP contribution in [0.5, 0.6) is 5.75 Å². The molecule has 0 unspecified atom stereocenters. The van der Waals surface area contributed by atoms with Crippen LogP contribution in [0.1, 0.15) is 48.1 Å². The van der Waals surface area contributed by atoms with E-state index in [0.717, 1.165) is 49.5 Å². The van der Waals surface area contributed by atoms with Crippen LogP contribution >= 0.6 is 0 Å². The molecule has 5 N–H and O–H groups in total. The molecule has 1 aliphatic heterocycles. The highest BCUT2D eigenvalue weighted by Gasteiger charge is 2.53. The van der Waals surface area contributed by atoms with E-state index >= 15 is 0 Å². The van der Waals surface area contributed by atoms with Gasteiger partial charge in [0.2, 0.25) is 0 Å². The van der Waals surface area contributed by atoms with Gasteiger partial charge >= 0.3 is 17.9 Å². The second-order valence-corrected chi connectivity index (χ2v) is 11.7. The van der Waals surface area contributed by atoms with Crippen molar-refractivity contribution in [3.05, 3.63) is 95.1 Å². The van der Waals surface area contributed by atoms with Gasteiger partial charge in [0, 0.05) is 37.3 Å². The molecule has 12 heteroatoms. The Balaban J connectivity index is 0.000000302. The van der Waals surface area contributed by atoms with E-state index in [1.807, 2.05) is 43.5 Å². The Hall–Kier alpha value is -4.39. The average Bonchev–Trinajstić information content (AvgIpc) is 3.52. The van der Waals surface area contributed by atoms with Gasteiger partial charge in [0.15, 0.2) is 5.60 Å². The number of carboxylic acid groups (broad SMARTS) is 3. The Morgan fingerprint density at radius 1 is 1.00 bits per heavy atom. The predicted molar refractivity (Wildman–Crippen MR) is 159 cm³/mol. The van der Waals surface area contributed by atoms with E-state index in [9.17, 15) is 23.9 Å². The summed E-state index contributed by atoms with van der Waals surface area (Å²) in [5.41, 5.74) is 0.126. The third-order valence-electron chi connectivity index (χ3n) is 8.35. The topological polar surface area (TPSA) is 178 Å². The van der Waals surface area contributed by atoms with Gasteiger partial charge in [-0.25, -0.2) is 9.18 Å². The molecule has 0 radical (unpaired) electrons. The molecule has 1 saturated heterocycles. The first-order chi connectivity index (χ1) is 21.3. The van der Waals surface area contributed by atoms with Crippen molar-refractivity contribution in [3.63, 3.8) is 0 Å². The molecule has 45 heavy (non-hydrogen) atoms. The second kappa shape index (κ2) is 14.1. The van der Waals surface area contributed by atoms with Crippen molar-refractivity contribution < 1.29 is 49.0 Å². The van der Waals surface area contributed by atoms with Crippen LogP contribution in [0.4, 0.5) is 4.39 Å². The number of aliphatic carboxylic acids is 3. The van der Waals surface area contributed by atoms with Gasteiger partial charge in [0.25, 0.3) is 0 Å². The van der Waals surface area contributed by atoms with E-state index in [2.05, 4.69) is 22.0 Å². The van der Waals surface area contributed by atoms with Gasteiger partial charge in [-0.3, -0.25) is 19.5 Å². The highest BCUT2D eigenvalue weighted by atomic mass is 19.1. The van der Waals surface area contributed by atoms with Gasteiger partial charge in [0.1, 0.15) is 23.8 Å². The predicted octanol–water partition coefficient (Wildman–Crippen LogP) is 3.59. The van der Waals surface area contributed by atoms with E-state index in [0.29, 0.717) is 11.5 Å². The van der Waals surface area contributed by atoms with E-state index in [-0.39, 0.29) is 18.3 Å². The fourth-order valence-electron chi connectivity index (χ4n) is 6.00. The first kappa shape index (κ1) is 33.5. The smallest absolute Gasteiger partial charge is 0.336 e. The molecular formula is C33H37FN2O9. The van der Waals surface area contributed by atoms with Gasteiger partial charge in [0.05, 0.1) is 18.5 Å². The zero-order chi connectivity index (χ0) is 32.8. The number of carbonyl (C=O) groups is 3. The molecule has 2 aliphatic rings. The van der Waals surface area contributed by atoms with Crippen molar-refractivity contribution in [3.8, 4) is 5.75 Å². The van der Waals surface area contributed by atoms with E-state index in [1.54, 1.807) is 12.1 Å². The average molecular weight is 625 g/mol. The normalized spacial score (nSPS) is 21.0. The highest BCUT2D eigenvalue weighted by Crippen LogP contribution is 2.50. The molecule has 2 fully saturated rings. The molecule has 1 saturated carbocycles. The number of benzene rings is 2. The van der Waals surface area contributed by atoms with Gasteiger partial charge in [-0.15, -0.1) is 0 Å². The first-order valence-corrected chi connectivity index (χ1v) is 14.5. The zero-order valence-corrected chi connectivity index (χ0v) is 24.8. The van der Waals surface area contributed by atoms with Crippen LogP contribution in [0.2, 0.25) is 0 Å². The summed E-state index contributed by atoms with van der Waals surface area (Å²) in [6, 6.07) is 18.7. The number of fused-ring (bicyclic) bond motifs is 1. The number of aliphatic hydroxyl groups is 2. The summed E-state index contributed by atoms with van der Waals surface area (Å²) in [5, 5.41) is 45.3. The van der Waals surface area contributed by atoms with Crippen molar-refractivity contribution >= 4 is 17.9 Å². The molecular weight excluding hydrogens is 587 g/mol. The monoisotopic (exact) mass is 624 g/mol. The number of aryl methyl sites for hydroxylation is 1. The largest absolute Gasteiger partial charge is 0.489 e. The number of likely N-dealkylation sites (tertiary alicyclic amines) is 1. The molecule has 240 valence electrons. The maximum Gasteiger partial charge on any atom is 0.336 e. The molecule has 1 aliphatic carbocycles. The summed E-state index contributed by atoms with van der Waals surface area (Å²) in [5.74, 6) is -3.80. The minimum Gasteiger partial charge on any atom is -0.489 e. The standard InChI is InChI=1S/C27H29FN2O2.C6H8O7/c1-19-6-11-26(29-14-19)27(31)13-12-21-16-30(17-24(21)27)15-20-7-9-23(10-8-20)32-18-22-4-2-3-5-25(22)28;7-3(8)1-6(13,5(11)12)2-4(9)10/h2-11,14,21,24,31H,12-13,15-18H2,1H3;13H,1-2H2,(H,7,8)(H,9,10)(H,11,12)/t21-,24+,27-;/m0./s1. The van der Waals surface area contributed by atoms with E-state index in [4.69, 9.17) is 25.2 Å². The number of hydrogen-bond donors (Lipinski definition) is 5.